The smallest absolute Gasteiger partial charge is 0.194 e. The van der Waals surface area contributed by atoms with Crippen molar-refractivity contribution in [1.29, 1.82) is 0 Å². The van der Waals surface area contributed by atoms with E-state index in [0.717, 1.165) is 45.3 Å². The highest BCUT2D eigenvalue weighted by atomic mass is 16.5. The molecule has 0 amide bonds. The molecule has 0 unspecified atom stereocenters. The van der Waals surface area contributed by atoms with Crippen LogP contribution in [0, 0.1) is 5.41 Å². The molecule has 0 heterocycles. The summed E-state index contributed by atoms with van der Waals surface area (Å²) in [5, 5.41) is 2.13. The Hall–Kier alpha value is -2.65. The van der Waals surface area contributed by atoms with Crippen LogP contribution in [0.4, 0.5) is 0 Å². The molecule has 0 radical (unpaired) electrons. The zero-order valence-electron chi connectivity index (χ0n) is 16.4. The van der Waals surface area contributed by atoms with Crippen LogP contribution >= 0.6 is 0 Å². The van der Waals surface area contributed by atoms with Gasteiger partial charge in [0.25, 0.3) is 0 Å². The Bertz CT molecular complexity index is 1030. The summed E-state index contributed by atoms with van der Waals surface area (Å²) in [6.07, 6.45) is 0. The normalized spacial score (nSPS) is 13.1. The summed E-state index contributed by atoms with van der Waals surface area (Å²) in [5.74, 6) is 0.876. The minimum absolute atomic E-state index is 0.0105. The first kappa shape index (κ1) is 17.7. The average Bonchev–Trinajstić information content (AvgIpc) is 2.92. The molecular weight excluding hydrogens is 334 g/mol. The first-order chi connectivity index (χ1) is 12.9. The summed E-state index contributed by atoms with van der Waals surface area (Å²) in [7, 11) is 4.14. The van der Waals surface area contributed by atoms with Crippen molar-refractivity contribution in [2.24, 2.45) is 5.41 Å². The second kappa shape index (κ2) is 6.50. The van der Waals surface area contributed by atoms with E-state index in [1.54, 1.807) is 0 Å². The Morgan fingerprint density at radius 2 is 1.52 bits per heavy atom. The van der Waals surface area contributed by atoms with Crippen molar-refractivity contribution in [2.75, 3.05) is 27.2 Å². The van der Waals surface area contributed by atoms with Crippen LogP contribution in [-0.2, 0) is 0 Å². The highest BCUT2D eigenvalue weighted by molar-refractivity contribution is 6.26. The Labute approximate surface area is 160 Å². The van der Waals surface area contributed by atoms with Crippen LogP contribution in [0.25, 0.3) is 21.9 Å². The topological polar surface area (TPSA) is 29.5 Å². The number of hydrogen-bond donors (Lipinski definition) is 0. The Morgan fingerprint density at radius 1 is 0.889 bits per heavy atom. The molecule has 3 nitrogen and oxygen atoms in total. The Balaban J connectivity index is 1.80. The number of fused-ring (bicyclic) bond motifs is 5. The number of rotatable bonds is 5. The summed E-state index contributed by atoms with van der Waals surface area (Å²) < 4.78 is 6.28. The van der Waals surface area contributed by atoms with Crippen molar-refractivity contribution in [3.05, 3.63) is 65.7 Å². The van der Waals surface area contributed by atoms with Gasteiger partial charge in [-0.1, -0.05) is 62.4 Å². The lowest BCUT2D eigenvalue weighted by atomic mass is 9.94. The molecular formula is C24H25NO2. The van der Waals surface area contributed by atoms with E-state index in [9.17, 15) is 4.79 Å². The highest BCUT2D eigenvalue weighted by Crippen LogP contribution is 2.44. The van der Waals surface area contributed by atoms with Gasteiger partial charge in [-0.3, -0.25) is 4.79 Å². The molecule has 0 atom stereocenters. The number of hydrogen-bond acceptors (Lipinski definition) is 3. The molecule has 4 rings (SSSR count). The number of nitrogens with zero attached hydrogens (tertiary/aromatic N) is 1. The molecule has 3 aromatic carbocycles. The fourth-order valence-electron chi connectivity index (χ4n) is 4.15. The maximum atomic E-state index is 13.0. The highest BCUT2D eigenvalue weighted by Gasteiger charge is 2.30. The molecule has 3 heteroatoms. The summed E-state index contributed by atoms with van der Waals surface area (Å²) in [6, 6.07) is 18.0. The number of benzene rings is 3. The Morgan fingerprint density at radius 3 is 2.22 bits per heavy atom. The number of carbonyl (C=O) groups is 1. The third-order valence-electron chi connectivity index (χ3n) is 5.05. The van der Waals surface area contributed by atoms with Crippen LogP contribution < -0.4 is 4.74 Å². The summed E-state index contributed by atoms with van der Waals surface area (Å²) in [5.41, 5.74) is 3.59. The fourth-order valence-corrected chi connectivity index (χ4v) is 4.15. The van der Waals surface area contributed by atoms with Gasteiger partial charge in [0.2, 0.25) is 0 Å². The summed E-state index contributed by atoms with van der Waals surface area (Å²) >= 11 is 0. The molecule has 27 heavy (non-hydrogen) atoms. The molecule has 0 spiro atoms. The fraction of sp³-hybridized carbons (Fsp3) is 0.292. The van der Waals surface area contributed by atoms with Crippen LogP contribution in [0.2, 0.25) is 0 Å². The molecule has 0 N–H and O–H groups in total. The van der Waals surface area contributed by atoms with Gasteiger partial charge in [0.1, 0.15) is 5.75 Å². The lowest BCUT2D eigenvalue weighted by Crippen LogP contribution is -2.33. The van der Waals surface area contributed by atoms with E-state index in [-0.39, 0.29) is 11.2 Å². The van der Waals surface area contributed by atoms with Gasteiger partial charge in [-0.2, -0.15) is 0 Å². The molecule has 1 aliphatic carbocycles. The van der Waals surface area contributed by atoms with Gasteiger partial charge in [0.05, 0.1) is 6.61 Å². The zero-order chi connectivity index (χ0) is 19.2. The van der Waals surface area contributed by atoms with E-state index in [1.165, 1.54) is 0 Å². The van der Waals surface area contributed by atoms with Crippen LogP contribution in [0.15, 0.2) is 54.6 Å². The lowest BCUT2D eigenvalue weighted by molar-refractivity contribution is 0.104. The van der Waals surface area contributed by atoms with Crippen molar-refractivity contribution >= 4 is 16.6 Å². The minimum Gasteiger partial charge on any atom is -0.492 e. The molecule has 0 saturated carbocycles. The van der Waals surface area contributed by atoms with E-state index in [1.807, 2.05) is 42.5 Å². The summed E-state index contributed by atoms with van der Waals surface area (Å²) in [6.45, 7) is 5.92. The van der Waals surface area contributed by atoms with Crippen molar-refractivity contribution in [3.63, 3.8) is 0 Å². The maximum absolute atomic E-state index is 13.0. The molecule has 1 aliphatic rings. The predicted octanol–water partition coefficient (Wildman–Crippen LogP) is 5.02. The lowest BCUT2D eigenvalue weighted by Gasteiger charge is -2.28. The van der Waals surface area contributed by atoms with Crippen molar-refractivity contribution in [3.8, 4) is 16.9 Å². The quantitative estimate of drug-likeness (QED) is 0.501. The van der Waals surface area contributed by atoms with Gasteiger partial charge in [-0.05, 0) is 31.1 Å². The van der Waals surface area contributed by atoms with Crippen molar-refractivity contribution < 1.29 is 9.53 Å². The predicted molar refractivity (Wildman–Crippen MR) is 111 cm³/mol. The minimum atomic E-state index is 0.0105. The van der Waals surface area contributed by atoms with Crippen molar-refractivity contribution in [2.45, 2.75) is 13.8 Å². The molecule has 0 saturated heterocycles. The van der Waals surface area contributed by atoms with Crippen LogP contribution in [-0.4, -0.2) is 37.9 Å². The average molecular weight is 359 g/mol. The van der Waals surface area contributed by atoms with E-state index in [2.05, 4.69) is 45.0 Å². The number of carbonyl (C=O) groups excluding carboxylic acids is 1. The Kier molecular flexibility index (Phi) is 4.27. The third-order valence-corrected chi connectivity index (χ3v) is 5.05. The molecule has 0 bridgehead atoms. The summed E-state index contributed by atoms with van der Waals surface area (Å²) in [4.78, 5) is 15.1. The molecule has 0 aliphatic heterocycles. The standard InChI is InChI=1S/C24H25NO2/c1-24(2,14-25(3)4)15-27-21-13-20-22(17-10-6-5-9-16(17)21)18-11-7-8-12-19(18)23(20)26/h5-13H,14-15H2,1-4H3. The third kappa shape index (κ3) is 3.13. The van der Waals surface area contributed by atoms with Crippen LogP contribution in [0.3, 0.4) is 0 Å². The van der Waals surface area contributed by atoms with Gasteiger partial charge < -0.3 is 9.64 Å². The first-order valence-corrected chi connectivity index (χ1v) is 9.35. The largest absolute Gasteiger partial charge is 0.492 e. The van der Waals surface area contributed by atoms with E-state index in [0.29, 0.717) is 6.61 Å². The molecule has 3 aromatic rings. The second-order valence-corrected chi connectivity index (χ2v) is 8.41. The maximum Gasteiger partial charge on any atom is 0.194 e. The molecule has 0 fully saturated rings. The van der Waals surface area contributed by atoms with Gasteiger partial charge >= 0.3 is 0 Å². The van der Waals surface area contributed by atoms with Crippen LogP contribution in [0.1, 0.15) is 29.8 Å². The monoisotopic (exact) mass is 359 g/mol. The van der Waals surface area contributed by atoms with Crippen molar-refractivity contribution in [1.82, 2.24) is 4.90 Å². The van der Waals surface area contributed by atoms with Gasteiger partial charge in [0.15, 0.2) is 5.78 Å². The van der Waals surface area contributed by atoms with Gasteiger partial charge in [-0.25, -0.2) is 0 Å². The molecule has 138 valence electrons. The molecule has 0 aromatic heterocycles. The zero-order valence-corrected chi connectivity index (χ0v) is 16.4. The van der Waals surface area contributed by atoms with E-state index < -0.39 is 0 Å². The van der Waals surface area contributed by atoms with E-state index in [4.69, 9.17) is 4.74 Å². The first-order valence-electron chi connectivity index (χ1n) is 9.35. The SMILES string of the molecule is CN(C)CC(C)(C)COc1cc2c(c3ccccc13)-c1ccccc1C2=O. The second-order valence-electron chi connectivity index (χ2n) is 8.41. The van der Waals surface area contributed by atoms with Gasteiger partial charge in [-0.15, -0.1) is 0 Å². The van der Waals surface area contributed by atoms with E-state index >= 15 is 0 Å². The van der Waals surface area contributed by atoms with Gasteiger partial charge in [0, 0.05) is 34.0 Å². The number of ketones is 1. The van der Waals surface area contributed by atoms with Crippen LogP contribution in [0.5, 0.6) is 5.75 Å². The number of ether oxygens (including phenoxy) is 1.